The van der Waals surface area contributed by atoms with Crippen LogP contribution in [0.15, 0.2) is 24.3 Å². The quantitative estimate of drug-likeness (QED) is 0.827. The van der Waals surface area contributed by atoms with E-state index < -0.39 is 0 Å². The number of carbonyl (C=O) groups is 1. The normalized spacial score (nSPS) is 27.6. The molecule has 2 N–H and O–H groups in total. The number of benzene rings is 1. The van der Waals surface area contributed by atoms with Crippen molar-refractivity contribution in [3.05, 3.63) is 34.9 Å². The van der Waals surface area contributed by atoms with Gasteiger partial charge in [-0.3, -0.25) is 0 Å². The molecule has 2 saturated heterocycles. The summed E-state index contributed by atoms with van der Waals surface area (Å²) in [7, 11) is 0. The van der Waals surface area contributed by atoms with Crippen LogP contribution >= 0.6 is 11.6 Å². The summed E-state index contributed by atoms with van der Waals surface area (Å²) in [5.41, 5.74) is 3.40. The lowest BCUT2D eigenvalue weighted by atomic mass is 10.0. The maximum absolute atomic E-state index is 12.0. The summed E-state index contributed by atoms with van der Waals surface area (Å²) in [5.74, 6) is 0. The van der Waals surface area contributed by atoms with Crippen molar-refractivity contribution in [1.82, 2.24) is 10.8 Å². The molecule has 0 saturated carbocycles. The first-order valence-electron chi connectivity index (χ1n) is 7.93. The first-order valence-corrected chi connectivity index (χ1v) is 8.31. The molecule has 0 spiro atoms. The van der Waals surface area contributed by atoms with Gasteiger partial charge in [-0.15, -0.1) is 0 Å². The summed E-state index contributed by atoms with van der Waals surface area (Å²) in [6, 6.07) is 6.98. The molecule has 2 heterocycles. The number of ether oxygens (including phenoxy) is 2. The minimum absolute atomic E-state index is 0.105. The molecule has 7 heteroatoms. The van der Waals surface area contributed by atoms with Gasteiger partial charge in [0.25, 0.3) is 0 Å². The number of urea groups is 1. The molecule has 23 heavy (non-hydrogen) atoms. The average molecular weight is 341 g/mol. The maximum Gasteiger partial charge on any atom is 0.339 e. The van der Waals surface area contributed by atoms with Crippen molar-refractivity contribution in [3.8, 4) is 0 Å². The first kappa shape index (κ1) is 16.5. The van der Waals surface area contributed by atoms with E-state index in [4.69, 9.17) is 25.9 Å². The highest BCUT2D eigenvalue weighted by molar-refractivity contribution is 6.30. The Labute approximate surface area is 140 Å². The van der Waals surface area contributed by atoms with Gasteiger partial charge in [0.05, 0.1) is 6.04 Å². The smallest absolute Gasteiger partial charge is 0.339 e. The van der Waals surface area contributed by atoms with Crippen LogP contribution < -0.4 is 10.8 Å². The van der Waals surface area contributed by atoms with Gasteiger partial charge in [-0.2, -0.15) is 0 Å². The largest absolute Gasteiger partial charge is 0.371 e. The molecule has 6 nitrogen and oxygen atoms in total. The summed E-state index contributed by atoms with van der Waals surface area (Å²) in [5, 5.41) is 3.57. The van der Waals surface area contributed by atoms with E-state index in [0.29, 0.717) is 18.2 Å². The van der Waals surface area contributed by atoms with E-state index in [0.717, 1.165) is 31.2 Å². The van der Waals surface area contributed by atoms with Crippen LogP contribution in [0.4, 0.5) is 4.79 Å². The van der Waals surface area contributed by atoms with Crippen LogP contribution in [0.3, 0.4) is 0 Å². The van der Waals surface area contributed by atoms with Crippen molar-refractivity contribution in [2.45, 2.75) is 44.1 Å². The number of rotatable bonds is 4. The molecule has 3 atom stereocenters. The second-order valence-electron chi connectivity index (χ2n) is 5.73. The number of hydrogen-bond donors (Lipinski definition) is 2. The average Bonchev–Trinajstić information content (AvgIpc) is 3.03. The summed E-state index contributed by atoms with van der Waals surface area (Å²) < 4.78 is 11.1. The van der Waals surface area contributed by atoms with Crippen molar-refractivity contribution in [1.29, 1.82) is 0 Å². The van der Waals surface area contributed by atoms with Gasteiger partial charge in [-0.1, -0.05) is 23.7 Å². The highest BCUT2D eigenvalue weighted by Gasteiger charge is 2.31. The zero-order valence-electron chi connectivity index (χ0n) is 12.8. The third-order valence-electron chi connectivity index (χ3n) is 4.03. The van der Waals surface area contributed by atoms with Gasteiger partial charge in [-0.05, 0) is 37.0 Å². The summed E-state index contributed by atoms with van der Waals surface area (Å²) in [6.07, 6.45) is 3.09. The molecule has 0 bridgehead atoms. The Morgan fingerprint density at radius 1 is 1.13 bits per heavy atom. The monoisotopic (exact) mass is 340 g/mol. The van der Waals surface area contributed by atoms with E-state index in [1.165, 1.54) is 0 Å². The third-order valence-corrected chi connectivity index (χ3v) is 4.28. The topological polar surface area (TPSA) is 68.8 Å². The van der Waals surface area contributed by atoms with Crippen LogP contribution in [0.25, 0.3) is 0 Å². The van der Waals surface area contributed by atoms with Gasteiger partial charge in [0, 0.05) is 24.7 Å². The van der Waals surface area contributed by atoms with E-state index >= 15 is 0 Å². The molecule has 2 fully saturated rings. The molecule has 1 aromatic rings. The zero-order valence-corrected chi connectivity index (χ0v) is 13.6. The fraction of sp³-hybridized carbons (Fsp3) is 0.562. The number of hydrogen-bond acceptors (Lipinski definition) is 4. The Morgan fingerprint density at radius 2 is 1.96 bits per heavy atom. The predicted molar refractivity (Wildman–Crippen MR) is 84.9 cm³/mol. The zero-order chi connectivity index (χ0) is 16.1. The molecule has 2 aliphatic heterocycles. The van der Waals surface area contributed by atoms with Crippen LogP contribution in [-0.2, 0) is 14.3 Å². The van der Waals surface area contributed by atoms with Gasteiger partial charge < -0.3 is 14.8 Å². The van der Waals surface area contributed by atoms with Crippen LogP contribution in [0, 0.1) is 0 Å². The van der Waals surface area contributed by atoms with Gasteiger partial charge in [0.1, 0.15) is 6.10 Å². The Kier molecular flexibility index (Phi) is 5.72. The molecule has 1 aromatic carbocycles. The molecule has 3 rings (SSSR count). The lowest BCUT2D eigenvalue weighted by Gasteiger charge is -2.24. The summed E-state index contributed by atoms with van der Waals surface area (Å²) in [6.45, 7) is 1.27. The van der Waals surface area contributed by atoms with Gasteiger partial charge in [0.2, 0.25) is 0 Å². The number of carbonyl (C=O) groups excluding carboxylic acids is 1. The van der Waals surface area contributed by atoms with E-state index in [-0.39, 0.29) is 24.5 Å². The number of nitrogens with one attached hydrogen (secondary N) is 2. The lowest BCUT2D eigenvalue weighted by Crippen LogP contribution is -2.45. The van der Waals surface area contributed by atoms with Crippen molar-refractivity contribution >= 4 is 17.6 Å². The van der Waals surface area contributed by atoms with E-state index in [2.05, 4.69) is 10.8 Å². The third kappa shape index (κ3) is 4.57. The number of hydroxylamine groups is 1. The lowest BCUT2D eigenvalue weighted by molar-refractivity contribution is -0.186. The van der Waals surface area contributed by atoms with Gasteiger partial charge in [-0.25, -0.2) is 15.1 Å². The van der Waals surface area contributed by atoms with Crippen molar-refractivity contribution in [2.75, 3.05) is 13.2 Å². The Balaban J connectivity index is 1.49. The van der Waals surface area contributed by atoms with E-state index in [1.807, 2.05) is 24.3 Å². The standard InChI is InChI=1S/C16H21ClN2O4/c17-12-6-4-11(5-7-12)15-13(8-10-22-15)18-16(20)19-23-14-3-1-2-9-21-14/h4-7,13-15H,1-3,8-10H2,(H2,18,19,20). The molecular weight excluding hydrogens is 320 g/mol. The predicted octanol–water partition coefficient (Wildman–Crippen LogP) is 2.93. The SMILES string of the molecule is O=C(NOC1CCCCO1)NC1CCOC1c1ccc(Cl)cc1. The second kappa shape index (κ2) is 7.97. The molecular formula is C16H21ClN2O4. The minimum Gasteiger partial charge on any atom is -0.371 e. The van der Waals surface area contributed by atoms with Crippen LogP contribution in [0.1, 0.15) is 37.4 Å². The molecule has 0 radical (unpaired) electrons. The van der Waals surface area contributed by atoms with E-state index in [9.17, 15) is 4.79 Å². The molecule has 2 aliphatic rings. The van der Waals surface area contributed by atoms with Crippen molar-refractivity contribution < 1.29 is 19.1 Å². The maximum atomic E-state index is 12.0. The molecule has 2 amide bonds. The molecule has 0 aromatic heterocycles. The fourth-order valence-electron chi connectivity index (χ4n) is 2.84. The second-order valence-corrected chi connectivity index (χ2v) is 6.16. The van der Waals surface area contributed by atoms with Crippen molar-refractivity contribution in [3.63, 3.8) is 0 Å². The molecule has 3 unspecified atom stereocenters. The summed E-state index contributed by atoms with van der Waals surface area (Å²) >= 11 is 5.91. The van der Waals surface area contributed by atoms with Gasteiger partial charge in [0.15, 0.2) is 6.29 Å². The van der Waals surface area contributed by atoms with Crippen LogP contribution in [0.5, 0.6) is 0 Å². The first-order chi connectivity index (χ1) is 11.2. The number of halogens is 1. The molecule has 126 valence electrons. The highest BCUT2D eigenvalue weighted by atomic mass is 35.5. The van der Waals surface area contributed by atoms with Crippen LogP contribution in [0.2, 0.25) is 5.02 Å². The fourth-order valence-corrected chi connectivity index (χ4v) is 2.97. The van der Waals surface area contributed by atoms with E-state index in [1.54, 1.807) is 0 Å². The Hall–Kier alpha value is -1.34. The highest BCUT2D eigenvalue weighted by Crippen LogP contribution is 2.29. The van der Waals surface area contributed by atoms with Crippen LogP contribution in [-0.4, -0.2) is 31.6 Å². The Morgan fingerprint density at radius 3 is 2.70 bits per heavy atom. The van der Waals surface area contributed by atoms with Crippen molar-refractivity contribution in [2.24, 2.45) is 0 Å². The van der Waals surface area contributed by atoms with Gasteiger partial charge >= 0.3 is 6.03 Å². The summed E-state index contributed by atoms with van der Waals surface area (Å²) in [4.78, 5) is 17.3. The number of amides is 2. The molecule has 0 aliphatic carbocycles. The minimum atomic E-state index is -0.381. The Bertz CT molecular complexity index is 519.